The van der Waals surface area contributed by atoms with Crippen LogP contribution >= 0.6 is 0 Å². The fraction of sp³-hybridized carbons (Fsp3) is 0.625. The van der Waals surface area contributed by atoms with Crippen LogP contribution in [0.15, 0.2) is 4.52 Å². The van der Waals surface area contributed by atoms with E-state index < -0.39 is 5.91 Å². The SMILES string of the molecule is NC(=O)c1noc(C2CCNCC2)n1. The van der Waals surface area contributed by atoms with Crippen molar-refractivity contribution in [2.24, 2.45) is 5.73 Å². The minimum atomic E-state index is -0.645. The van der Waals surface area contributed by atoms with E-state index in [2.05, 4.69) is 15.5 Å². The summed E-state index contributed by atoms with van der Waals surface area (Å²) in [6.07, 6.45) is 1.92. The number of hydrogen-bond donors (Lipinski definition) is 2. The molecule has 2 heterocycles. The Bertz CT molecular complexity index is 330. The summed E-state index contributed by atoms with van der Waals surface area (Å²) in [6, 6.07) is 0. The molecule has 1 aliphatic rings. The number of nitrogens with one attached hydrogen (secondary N) is 1. The highest BCUT2D eigenvalue weighted by atomic mass is 16.5. The molecular weight excluding hydrogens is 184 g/mol. The molecule has 0 atom stereocenters. The van der Waals surface area contributed by atoms with Gasteiger partial charge in [-0.05, 0) is 25.9 Å². The highest BCUT2D eigenvalue weighted by molar-refractivity contribution is 5.88. The Morgan fingerprint density at radius 2 is 2.21 bits per heavy atom. The lowest BCUT2D eigenvalue weighted by molar-refractivity contribution is 0.0987. The third-order valence-corrected chi connectivity index (χ3v) is 2.35. The molecule has 6 nitrogen and oxygen atoms in total. The van der Waals surface area contributed by atoms with E-state index in [9.17, 15) is 4.79 Å². The number of carbonyl (C=O) groups excluding carboxylic acids is 1. The first-order chi connectivity index (χ1) is 6.77. The third kappa shape index (κ3) is 1.74. The van der Waals surface area contributed by atoms with Crippen molar-refractivity contribution < 1.29 is 9.32 Å². The van der Waals surface area contributed by atoms with Gasteiger partial charge < -0.3 is 15.6 Å². The molecule has 2 rings (SSSR count). The summed E-state index contributed by atoms with van der Waals surface area (Å²) in [5, 5.41) is 6.74. The van der Waals surface area contributed by atoms with Gasteiger partial charge in [-0.15, -0.1) is 0 Å². The van der Waals surface area contributed by atoms with Crippen LogP contribution in [0.5, 0.6) is 0 Å². The van der Waals surface area contributed by atoms with Crippen LogP contribution < -0.4 is 11.1 Å². The van der Waals surface area contributed by atoms with Crippen molar-refractivity contribution in [3.63, 3.8) is 0 Å². The molecule has 1 saturated heterocycles. The maximum atomic E-state index is 10.7. The number of carbonyl (C=O) groups is 1. The van der Waals surface area contributed by atoms with Crippen molar-refractivity contribution in [2.75, 3.05) is 13.1 Å². The summed E-state index contributed by atoms with van der Waals surface area (Å²) < 4.78 is 4.98. The Morgan fingerprint density at radius 3 is 2.79 bits per heavy atom. The number of primary amides is 1. The van der Waals surface area contributed by atoms with Crippen molar-refractivity contribution >= 4 is 5.91 Å². The van der Waals surface area contributed by atoms with E-state index >= 15 is 0 Å². The molecule has 6 heteroatoms. The lowest BCUT2D eigenvalue weighted by atomic mass is 9.98. The van der Waals surface area contributed by atoms with Crippen molar-refractivity contribution in [3.05, 3.63) is 11.7 Å². The van der Waals surface area contributed by atoms with E-state index in [4.69, 9.17) is 10.3 Å². The highest BCUT2D eigenvalue weighted by Crippen LogP contribution is 2.23. The average Bonchev–Trinajstić information content (AvgIpc) is 2.68. The van der Waals surface area contributed by atoms with Crippen molar-refractivity contribution in [3.8, 4) is 0 Å². The van der Waals surface area contributed by atoms with Crippen molar-refractivity contribution in [2.45, 2.75) is 18.8 Å². The molecule has 76 valence electrons. The summed E-state index contributed by atoms with van der Waals surface area (Å²) in [7, 11) is 0. The molecule has 0 bridgehead atoms. The van der Waals surface area contributed by atoms with Crippen LogP contribution in [0.4, 0.5) is 0 Å². The van der Waals surface area contributed by atoms with Gasteiger partial charge in [0, 0.05) is 5.92 Å². The van der Waals surface area contributed by atoms with Gasteiger partial charge in [0.1, 0.15) is 0 Å². The van der Waals surface area contributed by atoms with E-state index in [1.54, 1.807) is 0 Å². The molecule has 0 unspecified atom stereocenters. The molecule has 0 saturated carbocycles. The third-order valence-electron chi connectivity index (χ3n) is 2.35. The van der Waals surface area contributed by atoms with Crippen LogP contribution in [-0.4, -0.2) is 29.1 Å². The predicted octanol–water partition coefficient (Wildman–Crippen LogP) is -0.365. The van der Waals surface area contributed by atoms with E-state index in [1.807, 2.05) is 0 Å². The summed E-state index contributed by atoms with van der Waals surface area (Å²) in [4.78, 5) is 14.7. The topological polar surface area (TPSA) is 94.0 Å². The van der Waals surface area contributed by atoms with Crippen LogP contribution in [0.3, 0.4) is 0 Å². The molecule has 0 aromatic carbocycles. The molecule has 0 radical (unpaired) electrons. The molecule has 1 fully saturated rings. The van der Waals surface area contributed by atoms with Gasteiger partial charge in [0.2, 0.25) is 5.89 Å². The first kappa shape index (κ1) is 9.14. The first-order valence-corrected chi connectivity index (χ1v) is 4.61. The summed E-state index contributed by atoms with van der Waals surface area (Å²) in [6.45, 7) is 1.89. The van der Waals surface area contributed by atoms with Gasteiger partial charge in [0.25, 0.3) is 11.7 Å². The Balaban J connectivity index is 2.11. The lowest BCUT2D eigenvalue weighted by Crippen LogP contribution is -2.26. The summed E-state index contributed by atoms with van der Waals surface area (Å²) in [5.41, 5.74) is 5.02. The van der Waals surface area contributed by atoms with Crippen molar-refractivity contribution in [1.29, 1.82) is 0 Å². The predicted molar refractivity (Wildman–Crippen MR) is 47.7 cm³/mol. The molecule has 14 heavy (non-hydrogen) atoms. The Kier molecular flexibility index (Phi) is 2.45. The van der Waals surface area contributed by atoms with Gasteiger partial charge >= 0.3 is 0 Å². The van der Waals surface area contributed by atoms with E-state index in [0.717, 1.165) is 25.9 Å². The minimum absolute atomic E-state index is 0.0291. The monoisotopic (exact) mass is 196 g/mol. The number of hydrogen-bond acceptors (Lipinski definition) is 5. The summed E-state index contributed by atoms with van der Waals surface area (Å²) >= 11 is 0. The smallest absolute Gasteiger partial charge is 0.290 e. The Morgan fingerprint density at radius 1 is 1.50 bits per heavy atom. The molecule has 0 spiro atoms. The van der Waals surface area contributed by atoms with Gasteiger partial charge in [0.05, 0.1) is 0 Å². The van der Waals surface area contributed by atoms with E-state index in [1.165, 1.54) is 0 Å². The first-order valence-electron chi connectivity index (χ1n) is 4.61. The fourth-order valence-corrected chi connectivity index (χ4v) is 1.57. The molecule has 1 amide bonds. The normalized spacial score (nSPS) is 18.3. The Hall–Kier alpha value is -1.43. The van der Waals surface area contributed by atoms with Crippen molar-refractivity contribution in [1.82, 2.24) is 15.5 Å². The van der Waals surface area contributed by atoms with Gasteiger partial charge in [0.15, 0.2) is 0 Å². The molecule has 0 aliphatic carbocycles. The fourth-order valence-electron chi connectivity index (χ4n) is 1.57. The maximum Gasteiger partial charge on any atom is 0.290 e. The molecule has 3 N–H and O–H groups in total. The van der Waals surface area contributed by atoms with Crippen LogP contribution in [-0.2, 0) is 0 Å². The number of aromatic nitrogens is 2. The second-order valence-corrected chi connectivity index (χ2v) is 3.34. The number of nitrogens with two attached hydrogens (primary N) is 1. The number of nitrogens with zero attached hydrogens (tertiary/aromatic N) is 2. The van der Waals surface area contributed by atoms with Crippen LogP contribution in [0.2, 0.25) is 0 Å². The zero-order valence-electron chi connectivity index (χ0n) is 7.69. The zero-order valence-corrected chi connectivity index (χ0v) is 7.69. The van der Waals surface area contributed by atoms with Gasteiger partial charge in [-0.1, -0.05) is 5.16 Å². The standard InChI is InChI=1S/C8H12N4O2/c9-6(13)7-11-8(14-12-7)5-1-3-10-4-2-5/h5,10H,1-4H2,(H2,9,13). The second kappa shape index (κ2) is 3.75. The van der Waals surface area contributed by atoms with Gasteiger partial charge in [-0.2, -0.15) is 4.98 Å². The van der Waals surface area contributed by atoms with Crippen LogP contribution in [0.1, 0.15) is 35.3 Å². The number of rotatable bonds is 2. The molecule has 1 aliphatic heterocycles. The largest absolute Gasteiger partial charge is 0.363 e. The maximum absolute atomic E-state index is 10.7. The van der Waals surface area contributed by atoms with Gasteiger partial charge in [-0.25, -0.2) is 0 Å². The van der Waals surface area contributed by atoms with E-state index in [0.29, 0.717) is 5.89 Å². The second-order valence-electron chi connectivity index (χ2n) is 3.34. The van der Waals surface area contributed by atoms with Crippen LogP contribution in [0, 0.1) is 0 Å². The molecule has 1 aromatic rings. The average molecular weight is 196 g/mol. The number of piperidine rings is 1. The minimum Gasteiger partial charge on any atom is -0.363 e. The zero-order chi connectivity index (χ0) is 9.97. The molecular formula is C8H12N4O2. The van der Waals surface area contributed by atoms with Crippen LogP contribution in [0.25, 0.3) is 0 Å². The lowest BCUT2D eigenvalue weighted by Gasteiger charge is -2.18. The van der Waals surface area contributed by atoms with Gasteiger partial charge in [-0.3, -0.25) is 4.79 Å². The quantitative estimate of drug-likeness (QED) is 0.673. The summed E-state index contributed by atoms with van der Waals surface area (Å²) in [5.74, 6) is 0.115. The Labute approximate surface area is 80.9 Å². The molecule has 1 aromatic heterocycles. The number of amides is 1. The highest BCUT2D eigenvalue weighted by Gasteiger charge is 2.22. The van der Waals surface area contributed by atoms with E-state index in [-0.39, 0.29) is 11.7 Å².